The zero-order valence-electron chi connectivity index (χ0n) is 21.7. The van der Waals surface area contributed by atoms with Gasteiger partial charge in [-0.1, -0.05) is 97.3 Å². The van der Waals surface area contributed by atoms with Gasteiger partial charge in [0.05, 0.1) is 19.8 Å². The van der Waals surface area contributed by atoms with Crippen molar-refractivity contribution in [3.63, 3.8) is 0 Å². The van der Waals surface area contributed by atoms with Crippen LogP contribution >= 0.6 is 0 Å². The van der Waals surface area contributed by atoms with Crippen LogP contribution in [-0.2, 0) is 14.3 Å². The minimum absolute atomic E-state index is 0.0559. The van der Waals surface area contributed by atoms with Crippen molar-refractivity contribution in [2.45, 2.75) is 116 Å². The number of nitrogens with one attached hydrogen (secondary N) is 1. The highest BCUT2D eigenvalue weighted by Gasteiger charge is 2.29. The van der Waals surface area contributed by atoms with Crippen LogP contribution in [0.5, 0.6) is 0 Å². The summed E-state index contributed by atoms with van der Waals surface area (Å²) in [5, 5.41) is 30.5. The van der Waals surface area contributed by atoms with Crippen LogP contribution in [-0.4, -0.2) is 65.7 Å². The van der Waals surface area contributed by atoms with E-state index in [2.05, 4.69) is 12.2 Å². The average molecular weight is 489 g/mol. The third-order valence-electron chi connectivity index (χ3n) is 6.41. The van der Waals surface area contributed by atoms with Gasteiger partial charge in [0.1, 0.15) is 6.10 Å². The van der Waals surface area contributed by atoms with Crippen LogP contribution in [0.2, 0.25) is 0 Å². The van der Waals surface area contributed by atoms with Gasteiger partial charge in [-0.25, -0.2) is 0 Å². The summed E-state index contributed by atoms with van der Waals surface area (Å²) < 4.78 is 5.46. The van der Waals surface area contributed by atoms with Crippen LogP contribution in [0.3, 0.4) is 0 Å². The van der Waals surface area contributed by atoms with Crippen molar-refractivity contribution in [1.82, 2.24) is 5.32 Å². The summed E-state index contributed by atoms with van der Waals surface area (Å²) in [4.78, 5) is 24.1. The van der Waals surface area contributed by atoms with Crippen molar-refractivity contribution >= 4 is 11.8 Å². The lowest BCUT2D eigenvalue weighted by atomic mass is 9.88. The van der Waals surface area contributed by atoms with Crippen molar-refractivity contribution in [3.8, 4) is 0 Å². The first kappa shape index (κ1) is 32.8. The fourth-order valence-corrected chi connectivity index (χ4v) is 4.22. The number of amides is 2. The highest BCUT2D eigenvalue weighted by atomic mass is 16.5. The maximum Gasteiger partial charge on any atom is 0.249 e. The third-order valence-corrected chi connectivity index (χ3v) is 6.41. The molecule has 0 rings (SSSR count). The van der Waals surface area contributed by atoms with Gasteiger partial charge in [0.15, 0.2) is 6.10 Å². The summed E-state index contributed by atoms with van der Waals surface area (Å²) in [7, 11) is 0. The number of primary amides is 1. The molecule has 0 bridgehead atoms. The standard InChI is InChI=1S/C26H52N2O6/c1-3-4-5-6-7-8-9-10-11-12-13-14-15-16-22(26(33)28-17-18-29)21(2)20-34-24(25(27)32)23(31)19-30/h21-24,29-31H,3-20H2,1-2H3,(H2,27,32)(H,28,33). The zero-order valence-corrected chi connectivity index (χ0v) is 21.7. The van der Waals surface area contributed by atoms with E-state index in [1.54, 1.807) is 0 Å². The van der Waals surface area contributed by atoms with Gasteiger partial charge in [0.2, 0.25) is 11.8 Å². The minimum atomic E-state index is -1.40. The highest BCUT2D eigenvalue weighted by molar-refractivity contribution is 5.80. The number of unbranched alkanes of at least 4 members (excludes halogenated alkanes) is 12. The Morgan fingerprint density at radius 2 is 1.38 bits per heavy atom. The van der Waals surface area contributed by atoms with Crippen LogP contribution in [0, 0.1) is 11.8 Å². The summed E-state index contributed by atoms with van der Waals surface area (Å²) in [5.74, 6) is -1.56. The van der Waals surface area contributed by atoms with Crippen molar-refractivity contribution < 1.29 is 29.6 Å². The molecule has 6 N–H and O–H groups in total. The molecular weight excluding hydrogens is 436 g/mol. The number of hydrogen-bond donors (Lipinski definition) is 5. The highest BCUT2D eigenvalue weighted by Crippen LogP contribution is 2.22. The van der Waals surface area contributed by atoms with Gasteiger partial charge >= 0.3 is 0 Å². The summed E-state index contributed by atoms with van der Waals surface area (Å²) in [6, 6.07) is 0. The van der Waals surface area contributed by atoms with Crippen LogP contribution in [0.1, 0.15) is 104 Å². The average Bonchev–Trinajstić information content (AvgIpc) is 2.82. The summed E-state index contributed by atoms with van der Waals surface area (Å²) >= 11 is 0. The molecule has 0 saturated carbocycles. The summed E-state index contributed by atoms with van der Waals surface area (Å²) in [6.45, 7) is 3.58. The molecule has 0 spiro atoms. The van der Waals surface area contributed by atoms with Gasteiger partial charge in [0, 0.05) is 12.5 Å². The van der Waals surface area contributed by atoms with Gasteiger partial charge in [-0.05, 0) is 12.3 Å². The summed E-state index contributed by atoms with van der Waals surface area (Å²) in [6.07, 6.45) is 14.3. The molecule has 0 aromatic carbocycles. The zero-order chi connectivity index (χ0) is 25.6. The largest absolute Gasteiger partial charge is 0.395 e. The van der Waals surface area contributed by atoms with Crippen molar-refractivity contribution in [3.05, 3.63) is 0 Å². The summed E-state index contributed by atoms with van der Waals surface area (Å²) in [5.41, 5.74) is 5.25. The van der Waals surface area contributed by atoms with Gasteiger partial charge in [-0.3, -0.25) is 9.59 Å². The molecule has 34 heavy (non-hydrogen) atoms. The van der Waals surface area contributed by atoms with E-state index in [0.29, 0.717) is 6.42 Å². The monoisotopic (exact) mass is 488 g/mol. The molecule has 0 aromatic rings. The predicted octanol–water partition coefficient (Wildman–Crippen LogP) is 3.05. The number of carbonyl (C=O) groups is 2. The molecule has 202 valence electrons. The normalized spacial score (nSPS) is 15.0. The Balaban J connectivity index is 4.27. The Labute approximate surface area is 207 Å². The maximum atomic E-state index is 12.6. The Kier molecular flexibility index (Phi) is 21.5. The first-order valence-electron chi connectivity index (χ1n) is 13.5. The number of carbonyl (C=O) groups excluding carboxylic acids is 2. The van der Waals surface area contributed by atoms with E-state index < -0.39 is 24.7 Å². The number of aliphatic hydroxyl groups is 3. The van der Waals surface area contributed by atoms with Crippen LogP contribution in [0.15, 0.2) is 0 Å². The number of aliphatic hydroxyl groups excluding tert-OH is 3. The molecule has 0 aliphatic heterocycles. The van der Waals surface area contributed by atoms with Crippen molar-refractivity contribution in [2.24, 2.45) is 17.6 Å². The van der Waals surface area contributed by atoms with Crippen LogP contribution in [0.4, 0.5) is 0 Å². The van der Waals surface area contributed by atoms with E-state index >= 15 is 0 Å². The fraction of sp³-hybridized carbons (Fsp3) is 0.923. The second kappa shape index (κ2) is 22.3. The molecule has 4 unspecified atom stereocenters. The van der Waals surface area contributed by atoms with Crippen molar-refractivity contribution in [2.75, 3.05) is 26.4 Å². The smallest absolute Gasteiger partial charge is 0.249 e. The van der Waals surface area contributed by atoms with Gasteiger partial charge in [-0.2, -0.15) is 0 Å². The van der Waals surface area contributed by atoms with Gasteiger partial charge < -0.3 is 31.1 Å². The Bertz CT molecular complexity index is 506. The molecule has 8 nitrogen and oxygen atoms in total. The quantitative estimate of drug-likeness (QED) is 0.132. The lowest BCUT2D eigenvalue weighted by Crippen LogP contribution is -2.44. The molecule has 0 heterocycles. The van der Waals surface area contributed by atoms with Gasteiger partial charge in [0.25, 0.3) is 0 Å². The van der Waals surface area contributed by atoms with E-state index in [9.17, 15) is 14.7 Å². The lowest BCUT2D eigenvalue weighted by molar-refractivity contribution is -0.142. The molecule has 0 radical (unpaired) electrons. The first-order valence-corrected chi connectivity index (χ1v) is 13.5. The minimum Gasteiger partial charge on any atom is -0.395 e. The van der Waals surface area contributed by atoms with Gasteiger partial charge in [-0.15, -0.1) is 0 Å². The Hall–Kier alpha value is -1.22. The second-order valence-corrected chi connectivity index (χ2v) is 9.54. The van der Waals surface area contributed by atoms with E-state index in [1.807, 2.05) is 6.92 Å². The molecule has 0 aromatic heterocycles. The molecule has 0 aliphatic rings. The number of ether oxygens (including phenoxy) is 1. The molecule has 2 amide bonds. The molecule has 0 fully saturated rings. The van der Waals surface area contributed by atoms with Crippen LogP contribution in [0.25, 0.3) is 0 Å². The predicted molar refractivity (Wildman–Crippen MR) is 135 cm³/mol. The van der Waals surface area contributed by atoms with Crippen LogP contribution < -0.4 is 11.1 Å². The number of nitrogens with two attached hydrogens (primary N) is 1. The molecule has 0 saturated heterocycles. The van der Waals surface area contributed by atoms with E-state index in [1.165, 1.54) is 64.2 Å². The van der Waals surface area contributed by atoms with E-state index in [4.69, 9.17) is 20.7 Å². The molecular formula is C26H52N2O6. The maximum absolute atomic E-state index is 12.6. The molecule has 8 heteroatoms. The SMILES string of the molecule is CCCCCCCCCCCCCCCC(C(=O)NCCO)C(C)COC(C(N)=O)C(O)CO. The van der Waals surface area contributed by atoms with E-state index in [-0.39, 0.29) is 37.5 Å². The third kappa shape index (κ3) is 16.4. The Morgan fingerprint density at radius 1 is 0.882 bits per heavy atom. The number of hydrogen-bond acceptors (Lipinski definition) is 6. The molecule has 4 atom stereocenters. The first-order chi connectivity index (χ1) is 16.4. The van der Waals surface area contributed by atoms with E-state index in [0.717, 1.165) is 19.3 Å². The Morgan fingerprint density at radius 3 is 1.82 bits per heavy atom. The number of rotatable bonds is 24. The fourth-order valence-electron chi connectivity index (χ4n) is 4.22. The second-order valence-electron chi connectivity index (χ2n) is 9.54. The van der Waals surface area contributed by atoms with Crippen molar-refractivity contribution in [1.29, 1.82) is 0 Å². The lowest BCUT2D eigenvalue weighted by Gasteiger charge is -2.26. The topological polar surface area (TPSA) is 142 Å². The molecule has 0 aliphatic carbocycles.